The number of aryl methyl sites for hydroxylation is 1. The summed E-state index contributed by atoms with van der Waals surface area (Å²) in [6, 6.07) is 11.5. The van der Waals surface area contributed by atoms with E-state index in [0.29, 0.717) is 11.4 Å². The number of nitrogens with one attached hydrogen (secondary N) is 2. The van der Waals surface area contributed by atoms with Gasteiger partial charge in [0.15, 0.2) is 11.5 Å². The topological polar surface area (TPSA) is 107 Å². The van der Waals surface area contributed by atoms with E-state index in [1.54, 1.807) is 10.9 Å². The van der Waals surface area contributed by atoms with Crippen LogP contribution in [0, 0.1) is 12.8 Å². The molecule has 0 atom stereocenters. The molecule has 6 rings (SSSR count). The lowest BCUT2D eigenvalue weighted by atomic mass is 10.0. The molecule has 1 saturated carbocycles. The summed E-state index contributed by atoms with van der Waals surface area (Å²) in [5, 5.41) is 22.8. The maximum Gasteiger partial charge on any atom is 0.240 e. The molecule has 0 aliphatic heterocycles. The fourth-order valence-electron chi connectivity index (χ4n) is 4.34. The van der Waals surface area contributed by atoms with Crippen LogP contribution < -0.4 is 0 Å². The van der Waals surface area contributed by atoms with Crippen molar-refractivity contribution in [2.75, 3.05) is 0 Å². The van der Waals surface area contributed by atoms with E-state index in [-0.39, 0.29) is 28.9 Å². The van der Waals surface area contributed by atoms with Gasteiger partial charge in [-0.15, -0.1) is 0 Å². The van der Waals surface area contributed by atoms with Gasteiger partial charge in [0.2, 0.25) is 5.88 Å². The molecule has 3 heterocycles. The highest BCUT2D eigenvalue weighted by molar-refractivity contribution is 6.11. The van der Waals surface area contributed by atoms with Gasteiger partial charge in [-0.1, -0.05) is 12.1 Å². The Balaban J connectivity index is 1.69. The molecule has 31 heavy (non-hydrogen) atoms. The molecule has 0 unspecified atom stereocenters. The monoisotopic (exact) mass is 412 g/mol. The fourth-order valence-corrected chi connectivity index (χ4v) is 4.34. The molecule has 1 aliphatic carbocycles. The van der Waals surface area contributed by atoms with Crippen molar-refractivity contribution in [2.45, 2.75) is 19.8 Å². The summed E-state index contributed by atoms with van der Waals surface area (Å²) in [5.41, 5.74) is 5.65. The summed E-state index contributed by atoms with van der Waals surface area (Å²) < 4.78 is 1.55. The molecule has 154 valence electrons. The number of imidazole rings is 1. The number of rotatable bonds is 4. The summed E-state index contributed by atoms with van der Waals surface area (Å²) in [5.74, 6) is -0.967. The van der Waals surface area contributed by atoms with Crippen LogP contribution in [0.15, 0.2) is 48.9 Å². The molecular weight excluding hydrogens is 392 g/mol. The first kappa shape index (κ1) is 17.8. The average molecular weight is 412 g/mol. The quantitative estimate of drug-likeness (QED) is 0.318. The number of hydrogen-bond acceptors (Lipinski definition) is 4. The number of H-pyrrole nitrogens is 2. The number of carbonyl (C=O) groups excluding carboxylic acids is 1. The smallest absolute Gasteiger partial charge is 0.240 e. The molecule has 5 aromatic rings. The first-order valence-electron chi connectivity index (χ1n) is 10.3. The molecule has 0 bridgehead atoms. The van der Waals surface area contributed by atoms with E-state index < -0.39 is 0 Å². The van der Waals surface area contributed by atoms with Crippen molar-refractivity contribution in [2.24, 2.45) is 5.92 Å². The van der Waals surface area contributed by atoms with Crippen LogP contribution >= 0.6 is 0 Å². The van der Waals surface area contributed by atoms with Gasteiger partial charge in [0.1, 0.15) is 0 Å². The number of aromatic hydroxyl groups is 2. The average Bonchev–Trinajstić information content (AvgIpc) is 3.28. The van der Waals surface area contributed by atoms with Crippen molar-refractivity contribution < 1.29 is 15.0 Å². The molecular formula is C24H20N4O3. The number of ketones is 1. The zero-order chi connectivity index (χ0) is 21.3. The van der Waals surface area contributed by atoms with Gasteiger partial charge in [-0.3, -0.25) is 9.36 Å². The van der Waals surface area contributed by atoms with Crippen LogP contribution in [0.1, 0.15) is 28.8 Å². The third-order valence-electron chi connectivity index (χ3n) is 6.07. The van der Waals surface area contributed by atoms with Gasteiger partial charge in [-0.05, 0) is 49.6 Å². The van der Waals surface area contributed by atoms with Crippen LogP contribution in [-0.4, -0.2) is 35.5 Å². The van der Waals surface area contributed by atoms with Gasteiger partial charge in [-0.25, -0.2) is 4.98 Å². The van der Waals surface area contributed by atoms with Crippen LogP contribution in [0.3, 0.4) is 0 Å². The molecule has 0 saturated heterocycles. The van der Waals surface area contributed by atoms with Crippen LogP contribution in [0.25, 0.3) is 38.9 Å². The molecule has 7 heteroatoms. The van der Waals surface area contributed by atoms with E-state index in [9.17, 15) is 15.0 Å². The third-order valence-corrected chi connectivity index (χ3v) is 6.07. The Morgan fingerprint density at radius 2 is 1.94 bits per heavy atom. The molecule has 0 radical (unpaired) electrons. The third kappa shape index (κ3) is 2.59. The van der Waals surface area contributed by atoms with Gasteiger partial charge in [0.05, 0.1) is 34.3 Å². The highest BCUT2D eigenvalue weighted by Gasteiger charge is 2.38. The Labute approximate surface area is 177 Å². The lowest BCUT2D eigenvalue weighted by molar-refractivity contribution is 0.0965. The molecule has 3 aromatic heterocycles. The summed E-state index contributed by atoms with van der Waals surface area (Å²) in [6.07, 6.45) is 5.04. The number of hydrogen-bond donors (Lipinski definition) is 4. The minimum absolute atomic E-state index is 0.109. The Morgan fingerprint density at radius 3 is 2.74 bits per heavy atom. The lowest BCUT2D eigenvalue weighted by Gasteiger charge is -2.12. The zero-order valence-corrected chi connectivity index (χ0v) is 16.8. The van der Waals surface area contributed by atoms with E-state index >= 15 is 0 Å². The van der Waals surface area contributed by atoms with Crippen LogP contribution in [0.4, 0.5) is 0 Å². The van der Waals surface area contributed by atoms with Crippen LogP contribution in [0.2, 0.25) is 0 Å². The van der Waals surface area contributed by atoms with Gasteiger partial charge in [0, 0.05) is 28.6 Å². The van der Waals surface area contributed by atoms with Gasteiger partial charge in [-0.2, -0.15) is 0 Å². The molecule has 1 aliphatic rings. The molecule has 2 aromatic carbocycles. The van der Waals surface area contributed by atoms with Crippen molar-refractivity contribution in [1.82, 2.24) is 19.5 Å². The standard InChI is InChI=1S/C24H20N4O3/c1-12-2-6-15-16(10-25-18(15)8-12)21-20(22(29)13-3-4-13)23(30)24(31)28(21)14-5-7-17-19(9-14)27-11-26-17/h2,5-11,13,25,30-31H,3-4H2,1H3,(H,26,27). The van der Waals surface area contributed by atoms with Gasteiger partial charge in [0.25, 0.3) is 0 Å². The zero-order valence-electron chi connectivity index (χ0n) is 16.8. The van der Waals surface area contributed by atoms with E-state index in [2.05, 4.69) is 15.0 Å². The second-order valence-corrected chi connectivity index (χ2v) is 8.23. The summed E-state index contributed by atoms with van der Waals surface area (Å²) in [6.45, 7) is 2.02. The van der Waals surface area contributed by atoms with Crippen LogP contribution in [0.5, 0.6) is 11.6 Å². The number of Topliss-reactive ketones (excluding diaryl/α,β-unsaturated/α-hetero) is 1. The Kier molecular flexibility index (Phi) is 3.59. The van der Waals surface area contributed by atoms with Crippen molar-refractivity contribution in [1.29, 1.82) is 0 Å². The van der Waals surface area contributed by atoms with Gasteiger partial charge < -0.3 is 20.2 Å². The predicted octanol–water partition coefficient (Wildman–Crippen LogP) is 4.81. The maximum atomic E-state index is 13.2. The van der Waals surface area contributed by atoms with Crippen molar-refractivity contribution >= 4 is 27.7 Å². The summed E-state index contributed by atoms with van der Waals surface area (Å²) in [4.78, 5) is 23.8. The highest BCUT2D eigenvalue weighted by Crippen LogP contribution is 2.48. The summed E-state index contributed by atoms with van der Waals surface area (Å²) >= 11 is 0. The Bertz CT molecular complexity index is 1500. The summed E-state index contributed by atoms with van der Waals surface area (Å²) in [7, 11) is 0. The second kappa shape index (κ2) is 6.25. The molecule has 0 amide bonds. The second-order valence-electron chi connectivity index (χ2n) is 8.23. The number of benzene rings is 2. The van der Waals surface area contributed by atoms with Crippen LogP contribution in [-0.2, 0) is 0 Å². The maximum absolute atomic E-state index is 13.2. The minimum Gasteiger partial charge on any atom is -0.503 e. The largest absolute Gasteiger partial charge is 0.503 e. The fraction of sp³-hybridized carbons (Fsp3) is 0.167. The lowest BCUT2D eigenvalue weighted by Crippen LogP contribution is -2.05. The van der Waals surface area contributed by atoms with Crippen molar-refractivity contribution in [3.05, 3.63) is 60.0 Å². The SMILES string of the molecule is Cc1ccc2c(-c3c(C(=O)C4CC4)c(O)c(O)n3-c3ccc4nc[nH]c4c3)c[nH]c2c1. The van der Waals surface area contributed by atoms with Gasteiger partial charge >= 0.3 is 0 Å². The number of fused-ring (bicyclic) bond motifs is 2. The number of nitrogens with zero attached hydrogens (tertiary/aromatic N) is 2. The molecule has 4 N–H and O–H groups in total. The first-order valence-corrected chi connectivity index (χ1v) is 10.3. The molecule has 7 nitrogen and oxygen atoms in total. The first-order chi connectivity index (χ1) is 15.0. The van der Waals surface area contributed by atoms with Crippen molar-refractivity contribution in [3.8, 4) is 28.6 Å². The molecule has 0 spiro atoms. The molecule has 1 fully saturated rings. The van der Waals surface area contributed by atoms with E-state index in [1.807, 2.05) is 49.5 Å². The van der Waals surface area contributed by atoms with E-state index in [4.69, 9.17) is 0 Å². The Morgan fingerprint density at radius 1 is 1.10 bits per heavy atom. The minimum atomic E-state index is -0.377. The number of aromatic amines is 2. The predicted molar refractivity (Wildman–Crippen MR) is 118 cm³/mol. The normalized spacial score (nSPS) is 14.0. The number of aromatic nitrogens is 4. The van der Waals surface area contributed by atoms with E-state index in [1.165, 1.54) is 0 Å². The van der Waals surface area contributed by atoms with E-state index in [0.717, 1.165) is 45.9 Å². The number of carbonyl (C=O) groups is 1. The highest BCUT2D eigenvalue weighted by atomic mass is 16.3. The Hall–Kier alpha value is -4.00. The van der Waals surface area contributed by atoms with Crippen molar-refractivity contribution in [3.63, 3.8) is 0 Å².